The highest BCUT2D eigenvalue weighted by atomic mass is 32.1. The lowest BCUT2D eigenvalue weighted by Gasteiger charge is -2.33. The Morgan fingerprint density at radius 2 is 2.43 bits per heavy atom. The predicted molar refractivity (Wildman–Crippen MR) is 89.5 cm³/mol. The van der Waals surface area contributed by atoms with E-state index in [1.165, 1.54) is 15.3 Å². The number of aromatic nitrogens is 1. The van der Waals surface area contributed by atoms with Gasteiger partial charge in [0.15, 0.2) is 5.13 Å². The molecule has 0 saturated carbocycles. The van der Waals surface area contributed by atoms with E-state index in [1.54, 1.807) is 18.4 Å². The molecule has 0 aliphatic carbocycles. The number of anilines is 1. The summed E-state index contributed by atoms with van der Waals surface area (Å²) < 4.78 is 5.04. The molecule has 1 aliphatic heterocycles. The fraction of sp³-hybridized carbons (Fsp3) is 0.533. The van der Waals surface area contributed by atoms with Gasteiger partial charge in [0.25, 0.3) is 0 Å². The quantitative estimate of drug-likeness (QED) is 0.829. The summed E-state index contributed by atoms with van der Waals surface area (Å²) in [5.74, 6) is 0. The zero-order valence-corrected chi connectivity index (χ0v) is 14.1. The number of hydrogen-bond acceptors (Lipinski definition) is 6. The van der Waals surface area contributed by atoms with Crippen molar-refractivity contribution in [3.05, 3.63) is 33.0 Å². The molecule has 21 heavy (non-hydrogen) atoms. The first-order chi connectivity index (χ1) is 10.3. The average Bonchev–Trinajstić information content (AvgIpc) is 3.13. The minimum atomic E-state index is 0.431. The SMILES string of the molecule is COCCNCc1cnc(N2CCc3sccc3C2C)s1. The molecule has 2 aromatic rings. The Hall–Kier alpha value is -0.950. The van der Waals surface area contributed by atoms with E-state index >= 15 is 0 Å². The number of methoxy groups -OCH3 is 1. The van der Waals surface area contributed by atoms with Crippen LogP contribution in [0.3, 0.4) is 0 Å². The number of ether oxygens (including phenoxy) is 1. The zero-order valence-electron chi connectivity index (χ0n) is 12.5. The number of nitrogens with zero attached hydrogens (tertiary/aromatic N) is 2. The van der Waals surface area contributed by atoms with Gasteiger partial charge < -0.3 is 15.0 Å². The van der Waals surface area contributed by atoms with E-state index in [0.717, 1.165) is 37.8 Å². The van der Waals surface area contributed by atoms with Gasteiger partial charge in [0.1, 0.15) is 0 Å². The molecule has 2 aromatic heterocycles. The summed E-state index contributed by atoms with van der Waals surface area (Å²) in [5, 5.41) is 6.72. The van der Waals surface area contributed by atoms with Crippen LogP contribution < -0.4 is 10.2 Å². The van der Waals surface area contributed by atoms with Crippen LogP contribution in [-0.4, -0.2) is 31.8 Å². The number of fused-ring (bicyclic) bond motifs is 1. The van der Waals surface area contributed by atoms with Crippen LogP contribution in [0.5, 0.6) is 0 Å². The summed E-state index contributed by atoms with van der Waals surface area (Å²) in [6.45, 7) is 5.84. The number of rotatable bonds is 6. The third-order valence-electron chi connectivity index (χ3n) is 3.85. The molecule has 0 radical (unpaired) electrons. The summed E-state index contributed by atoms with van der Waals surface area (Å²) in [5.41, 5.74) is 1.47. The predicted octanol–water partition coefficient (Wildman–Crippen LogP) is 3.06. The normalized spacial score (nSPS) is 18.0. The van der Waals surface area contributed by atoms with Gasteiger partial charge in [-0.15, -0.1) is 22.7 Å². The van der Waals surface area contributed by atoms with E-state index in [9.17, 15) is 0 Å². The minimum Gasteiger partial charge on any atom is -0.383 e. The molecule has 0 spiro atoms. The van der Waals surface area contributed by atoms with E-state index in [2.05, 4.69) is 33.6 Å². The molecule has 3 rings (SSSR count). The second kappa shape index (κ2) is 6.87. The first kappa shape index (κ1) is 15.0. The van der Waals surface area contributed by atoms with E-state index in [-0.39, 0.29) is 0 Å². The highest BCUT2D eigenvalue weighted by molar-refractivity contribution is 7.15. The van der Waals surface area contributed by atoms with Crippen molar-refractivity contribution in [1.82, 2.24) is 10.3 Å². The lowest BCUT2D eigenvalue weighted by molar-refractivity contribution is 0.199. The Labute approximate surface area is 133 Å². The van der Waals surface area contributed by atoms with E-state index < -0.39 is 0 Å². The fourth-order valence-electron chi connectivity index (χ4n) is 2.67. The number of thiophene rings is 1. The van der Waals surface area contributed by atoms with Gasteiger partial charge in [0.05, 0.1) is 12.6 Å². The maximum atomic E-state index is 5.04. The first-order valence-electron chi connectivity index (χ1n) is 7.27. The number of hydrogen-bond donors (Lipinski definition) is 1. The van der Waals surface area contributed by atoms with Crippen LogP contribution in [0.4, 0.5) is 5.13 Å². The second-order valence-corrected chi connectivity index (χ2v) is 7.29. The first-order valence-corrected chi connectivity index (χ1v) is 8.96. The smallest absolute Gasteiger partial charge is 0.186 e. The Bertz CT molecular complexity index is 581. The molecule has 114 valence electrons. The summed E-state index contributed by atoms with van der Waals surface area (Å²) in [7, 11) is 1.73. The third kappa shape index (κ3) is 3.29. The van der Waals surface area contributed by atoms with Gasteiger partial charge in [0.2, 0.25) is 0 Å². The molecule has 1 atom stereocenters. The Morgan fingerprint density at radius 3 is 3.29 bits per heavy atom. The topological polar surface area (TPSA) is 37.4 Å². The molecular formula is C15H21N3OS2. The van der Waals surface area contributed by atoms with Crippen molar-refractivity contribution in [2.24, 2.45) is 0 Å². The fourth-order valence-corrected chi connectivity index (χ4v) is 4.62. The van der Waals surface area contributed by atoms with Gasteiger partial charge >= 0.3 is 0 Å². The molecule has 0 bridgehead atoms. The van der Waals surface area contributed by atoms with Gasteiger partial charge in [-0.2, -0.15) is 0 Å². The van der Waals surface area contributed by atoms with Gasteiger partial charge in [-0.25, -0.2) is 4.98 Å². The molecule has 4 nitrogen and oxygen atoms in total. The largest absolute Gasteiger partial charge is 0.383 e. The van der Waals surface area contributed by atoms with E-state index in [1.807, 2.05) is 17.5 Å². The van der Waals surface area contributed by atoms with Crippen molar-refractivity contribution in [2.75, 3.05) is 31.7 Å². The standard InChI is InChI=1S/C15H21N3OS2/c1-11-13-4-8-20-14(13)3-6-18(11)15-17-10-12(21-15)9-16-5-7-19-2/h4,8,10-11,16H,3,5-7,9H2,1-2H3. The van der Waals surface area contributed by atoms with Crippen molar-refractivity contribution in [3.63, 3.8) is 0 Å². The zero-order chi connectivity index (χ0) is 14.7. The summed E-state index contributed by atoms with van der Waals surface area (Å²) in [6, 6.07) is 2.69. The third-order valence-corrected chi connectivity index (χ3v) is 5.88. The molecule has 0 fully saturated rings. The van der Waals surface area contributed by atoms with Gasteiger partial charge in [-0.1, -0.05) is 0 Å². The molecule has 0 amide bonds. The van der Waals surface area contributed by atoms with Gasteiger partial charge in [-0.05, 0) is 30.4 Å². The van der Waals surface area contributed by atoms with Gasteiger partial charge in [-0.3, -0.25) is 0 Å². The molecular weight excluding hydrogens is 302 g/mol. The Balaban J connectivity index is 1.64. The average molecular weight is 323 g/mol. The Morgan fingerprint density at radius 1 is 1.52 bits per heavy atom. The van der Waals surface area contributed by atoms with Crippen LogP contribution in [0.25, 0.3) is 0 Å². The van der Waals surface area contributed by atoms with Crippen molar-refractivity contribution >= 4 is 27.8 Å². The monoisotopic (exact) mass is 323 g/mol. The molecule has 1 unspecified atom stereocenters. The number of nitrogens with one attached hydrogen (secondary N) is 1. The maximum absolute atomic E-state index is 5.04. The van der Waals surface area contributed by atoms with Crippen LogP contribution in [0, 0.1) is 0 Å². The summed E-state index contributed by atoms with van der Waals surface area (Å²) in [4.78, 5) is 9.87. The Kier molecular flexibility index (Phi) is 4.90. The molecule has 0 saturated heterocycles. The van der Waals surface area contributed by atoms with E-state index in [0.29, 0.717) is 6.04 Å². The maximum Gasteiger partial charge on any atom is 0.186 e. The lowest BCUT2D eigenvalue weighted by atomic mass is 10.0. The molecule has 1 aliphatic rings. The number of thiazole rings is 1. The van der Waals surface area contributed by atoms with Crippen LogP contribution in [0.2, 0.25) is 0 Å². The van der Waals surface area contributed by atoms with Crippen molar-refractivity contribution in [2.45, 2.75) is 25.9 Å². The highest BCUT2D eigenvalue weighted by Crippen LogP contribution is 2.37. The molecule has 6 heteroatoms. The van der Waals surface area contributed by atoms with Gasteiger partial charge in [0, 0.05) is 42.7 Å². The summed E-state index contributed by atoms with van der Waals surface area (Å²) >= 11 is 3.68. The second-order valence-electron chi connectivity index (χ2n) is 5.20. The van der Waals surface area contributed by atoms with Crippen molar-refractivity contribution in [3.8, 4) is 0 Å². The van der Waals surface area contributed by atoms with Crippen LogP contribution in [0.15, 0.2) is 17.6 Å². The van der Waals surface area contributed by atoms with Crippen LogP contribution in [0.1, 0.15) is 28.3 Å². The van der Waals surface area contributed by atoms with Crippen molar-refractivity contribution in [1.29, 1.82) is 0 Å². The van der Waals surface area contributed by atoms with Crippen molar-refractivity contribution < 1.29 is 4.74 Å². The highest BCUT2D eigenvalue weighted by Gasteiger charge is 2.26. The summed E-state index contributed by atoms with van der Waals surface area (Å²) in [6.07, 6.45) is 3.13. The minimum absolute atomic E-state index is 0.431. The van der Waals surface area contributed by atoms with Crippen LogP contribution in [-0.2, 0) is 17.7 Å². The van der Waals surface area contributed by atoms with E-state index in [4.69, 9.17) is 4.74 Å². The molecule has 1 N–H and O–H groups in total. The molecule has 0 aromatic carbocycles. The molecule has 3 heterocycles. The lowest BCUT2D eigenvalue weighted by Crippen LogP contribution is -2.32. The van der Waals surface area contributed by atoms with Crippen LogP contribution >= 0.6 is 22.7 Å².